The number of nitrogens with zero attached hydrogens (tertiary/aromatic N) is 1. The van der Waals surface area contributed by atoms with Crippen molar-refractivity contribution in [3.05, 3.63) is 79.4 Å². The second kappa shape index (κ2) is 10.0. The van der Waals surface area contributed by atoms with Crippen molar-refractivity contribution < 1.29 is 17.9 Å². The molecule has 0 fully saturated rings. The number of amides is 1. The highest BCUT2D eigenvalue weighted by Gasteiger charge is 2.22. The quantitative estimate of drug-likeness (QED) is 0.601. The van der Waals surface area contributed by atoms with E-state index in [0.717, 1.165) is 5.56 Å². The molecule has 2 aromatic rings. The molecular weight excluding hydrogens is 388 g/mol. The number of rotatable bonds is 10. The maximum Gasteiger partial charge on any atom is 0.265 e. The number of carbonyl (C=O) groups excluding carboxylic acids is 1. The summed E-state index contributed by atoms with van der Waals surface area (Å²) in [7, 11) is -3.68. The number of benzene rings is 2. The molecule has 0 radical (unpaired) electrons. The van der Waals surface area contributed by atoms with Crippen LogP contribution in [0.25, 0.3) is 0 Å². The SMILES string of the molecule is C=CCN(CC=C)S(=O)(=O)c1ccc(NC(=O)C(C)Oc2ccccc2C)cc1. The highest BCUT2D eigenvalue weighted by atomic mass is 32.2. The Labute approximate surface area is 172 Å². The van der Waals surface area contributed by atoms with Gasteiger partial charge in [-0.05, 0) is 49.7 Å². The van der Waals surface area contributed by atoms with E-state index >= 15 is 0 Å². The number of ether oxygens (including phenoxy) is 1. The normalized spacial score (nSPS) is 12.2. The second-order valence-corrected chi connectivity index (χ2v) is 8.38. The minimum absolute atomic E-state index is 0.128. The molecule has 0 heterocycles. The molecule has 6 nitrogen and oxygen atoms in total. The van der Waals surface area contributed by atoms with Crippen molar-refractivity contribution in [3.8, 4) is 5.75 Å². The van der Waals surface area contributed by atoms with Gasteiger partial charge in [-0.3, -0.25) is 4.79 Å². The molecule has 0 saturated carbocycles. The predicted molar refractivity (Wildman–Crippen MR) is 115 cm³/mol. The lowest BCUT2D eigenvalue weighted by Gasteiger charge is -2.19. The van der Waals surface area contributed by atoms with E-state index in [1.54, 1.807) is 25.1 Å². The van der Waals surface area contributed by atoms with Crippen LogP contribution >= 0.6 is 0 Å². The largest absolute Gasteiger partial charge is 0.481 e. The van der Waals surface area contributed by atoms with Crippen LogP contribution in [0.2, 0.25) is 0 Å². The maximum absolute atomic E-state index is 12.7. The first-order valence-electron chi connectivity index (χ1n) is 9.14. The molecule has 0 bridgehead atoms. The van der Waals surface area contributed by atoms with Crippen molar-refractivity contribution in [3.63, 3.8) is 0 Å². The zero-order chi connectivity index (χ0) is 21.4. The van der Waals surface area contributed by atoms with Crippen molar-refractivity contribution in [2.45, 2.75) is 24.8 Å². The van der Waals surface area contributed by atoms with Crippen LogP contribution in [0.5, 0.6) is 5.75 Å². The minimum Gasteiger partial charge on any atom is -0.481 e. The van der Waals surface area contributed by atoms with Crippen LogP contribution in [0.4, 0.5) is 5.69 Å². The summed E-state index contributed by atoms with van der Waals surface area (Å²) in [6.07, 6.45) is 2.33. The molecule has 0 aliphatic heterocycles. The maximum atomic E-state index is 12.7. The lowest BCUT2D eigenvalue weighted by molar-refractivity contribution is -0.122. The van der Waals surface area contributed by atoms with Crippen LogP contribution in [0.15, 0.2) is 78.7 Å². The molecule has 0 saturated heterocycles. The molecule has 2 rings (SSSR count). The number of hydrogen-bond donors (Lipinski definition) is 1. The Kier molecular flexibility index (Phi) is 7.75. The van der Waals surface area contributed by atoms with Gasteiger partial charge in [0.15, 0.2) is 6.10 Å². The third-order valence-corrected chi connectivity index (χ3v) is 6.04. The van der Waals surface area contributed by atoms with Gasteiger partial charge < -0.3 is 10.1 Å². The van der Waals surface area contributed by atoms with Crippen molar-refractivity contribution in [2.75, 3.05) is 18.4 Å². The number of sulfonamides is 1. The van der Waals surface area contributed by atoms with E-state index in [-0.39, 0.29) is 23.9 Å². The number of hydrogen-bond acceptors (Lipinski definition) is 4. The van der Waals surface area contributed by atoms with E-state index in [1.807, 2.05) is 25.1 Å². The van der Waals surface area contributed by atoms with E-state index in [0.29, 0.717) is 11.4 Å². The fraction of sp³-hybridized carbons (Fsp3) is 0.227. The summed E-state index contributed by atoms with van der Waals surface area (Å²) in [6, 6.07) is 13.4. The molecule has 154 valence electrons. The Morgan fingerprint density at radius 3 is 2.24 bits per heavy atom. The predicted octanol–water partition coefficient (Wildman–Crippen LogP) is 3.76. The van der Waals surface area contributed by atoms with Gasteiger partial charge in [-0.1, -0.05) is 30.4 Å². The number of aryl methyl sites for hydroxylation is 1. The van der Waals surface area contributed by atoms with Gasteiger partial charge in [0, 0.05) is 18.8 Å². The van der Waals surface area contributed by atoms with Gasteiger partial charge in [-0.15, -0.1) is 13.2 Å². The summed E-state index contributed by atoms with van der Waals surface area (Å²) in [5, 5.41) is 2.73. The van der Waals surface area contributed by atoms with Gasteiger partial charge in [-0.2, -0.15) is 4.31 Å². The molecular formula is C22H26N2O4S. The second-order valence-electron chi connectivity index (χ2n) is 6.44. The summed E-state index contributed by atoms with van der Waals surface area (Å²) >= 11 is 0. The van der Waals surface area contributed by atoms with Crippen LogP contribution < -0.4 is 10.1 Å². The Morgan fingerprint density at radius 1 is 1.10 bits per heavy atom. The van der Waals surface area contributed by atoms with Crippen LogP contribution in [-0.2, 0) is 14.8 Å². The molecule has 1 N–H and O–H groups in total. The molecule has 1 unspecified atom stereocenters. The molecule has 29 heavy (non-hydrogen) atoms. The molecule has 0 aliphatic carbocycles. The highest BCUT2D eigenvalue weighted by molar-refractivity contribution is 7.89. The Morgan fingerprint density at radius 2 is 1.69 bits per heavy atom. The van der Waals surface area contributed by atoms with E-state index in [9.17, 15) is 13.2 Å². The van der Waals surface area contributed by atoms with E-state index in [2.05, 4.69) is 18.5 Å². The van der Waals surface area contributed by atoms with Crippen LogP contribution in [0.1, 0.15) is 12.5 Å². The smallest absolute Gasteiger partial charge is 0.265 e. The molecule has 0 aliphatic rings. The summed E-state index contributed by atoms with van der Waals surface area (Å²) in [5.41, 5.74) is 1.42. The lowest BCUT2D eigenvalue weighted by Crippen LogP contribution is -2.31. The molecule has 1 atom stereocenters. The fourth-order valence-corrected chi connectivity index (χ4v) is 3.98. The molecule has 2 aromatic carbocycles. The number of para-hydroxylation sites is 1. The first kappa shape index (κ1) is 22.4. The average molecular weight is 415 g/mol. The van der Waals surface area contributed by atoms with Crippen molar-refractivity contribution in [1.82, 2.24) is 4.31 Å². The zero-order valence-corrected chi connectivity index (χ0v) is 17.5. The number of carbonyl (C=O) groups is 1. The first-order valence-corrected chi connectivity index (χ1v) is 10.6. The zero-order valence-electron chi connectivity index (χ0n) is 16.7. The Balaban J connectivity index is 2.08. The van der Waals surface area contributed by atoms with Crippen molar-refractivity contribution >= 4 is 21.6 Å². The van der Waals surface area contributed by atoms with Crippen molar-refractivity contribution in [1.29, 1.82) is 0 Å². The number of anilines is 1. The third kappa shape index (κ3) is 5.79. The summed E-state index contributed by atoms with van der Waals surface area (Å²) in [6.45, 7) is 11.1. The molecule has 7 heteroatoms. The Hall–Kier alpha value is -2.90. The minimum atomic E-state index is -3.68. The lowest BCUT2D eigenvalue weighted by atomic mass is 10.2. The van der Waals surface area contributed by atoms with Gasteiger partial charge in [0.2, 0.25) is 10.0 Å². The Bertz CT molecular complexity index is 959. The van der Waals surface area contributed by atoms with Gasteiger partial charge in [-0.25, -0.2) is 8.42 Å². The molecule has 0 spiro atoms. The van der Waals surface area contributed by atoms with Gasteiger partial charge >= 0.3 is 0 Å². The average Bonchev–Trinajstić information content (AvgIpc) is 2.70. The monoisotopic (exact) mass is 414 g/mol. The highest BCUT2D eigenvalue weighted by Crippen LogP contribution is 2.20. The summed E-state index contributed by atoms with van der Waals surface area (Å²) in [5.74, 6) is 0.310. The van der Waals surface area contributed by atoms with Gasteiger partial charge in [0.05, 0.1) is 4.90 Å². The third-order valence-electron chi connectivity index (χ3n) is 4.19. The molecule has 0 aromatic heterocycles. The van der Waals surface area contributed by atoms with E-state index in [1.165, 1.54) is 28.6 Å². The van der Waals surface area contributed by atoms with E-state index in [4.69, 9.17) is 4.74 Å². The number of nitrogens with one attached hydrogen (secondary N) is 1. The molecule has 1 amide bonds. The van der Waals surface area contributed by atoms with Gasteiger partial charge in [0.25, 0.3) is 5.91 Å². The summed E-state index contributed by atoms with van der Waals surface area (Å²) < 4.78 is 32.4. The van der Waals surface area contributed by atoms with Crippen LogP contribution in [0, 0.1) is 6.92 Å². The van der Waals surface area contributed by atoms with E-state index < -0.39 is 16.1 Å². The van der Waals surface area contributed by atoms with Crippen LogP contribution in [0.3, 0.4) is 0 Å². The topological polar surface area (TPSA) is 75.7 Å². The summed E-state index contributed by atoms with van der Waals surface area (Å²) in [4.78, 5) is 12.5. The standard InChI is InChI=1S/C22H26N2O4S/c1-5-15-24(16-6-2)29(26,27)20-13-11-19(12-14-20)23-22(25)18(4)28-21-10-8-7-9-17(21)3/h5-14,18H,1-2,15-16H2,3-4H3,(H,23,25). The van der Waals surface area contributed by atoms with Crippen molar-refractivity contribution in [2.24, 2.45) is 0 Å². The first-order chi connectivity index (χ1) is 13.8. The van der Waals surface area contributed by atoms with Crippen LogP contribution in [-0.4, -0.2) is 37.8 Å². The fourth-order valence-electron chi connectivity index (χ4n) is 2.59. The van der Waals surface area contributed by atoms with Gasteiger partial charge in [0.1, 0.15) is 5.75 Å².